The molecule has 16 rings (SSSR count). The van der Waals surface area contributed by atoms with Crippen LogP contribution in [-0.2, 0) is 44.1 Å². The summed E-state index contributed by atoms with van der Waals surface area (Å²) in [6.45, 7) is 8.09. The van der Waals surface area contributed by atoms with Gasteiger partial charge >= 0.3 is 0 Å². The number of allylic oxidation sites excluding steroid dienone is 8. The lowest BCUT2D eigenvalue weighted by atomic mass is 9.92. The molecule has 4 aliphatic carbocycles. The molecule has 4 aromatic heterocycles. The van der Waals surface area contributed by atoms with E-state index in [1.165, 1.54) is 78.9 Å². The third kappa shape index (κ3) is 19.8. The SMILES string of the molecule is C.CS(=O)(=O)c1cccc2c1C(=O)C=C(Nc1cncc(C3CCSCC3)c1)C2=O.CS(=O)(=O)c1cccc2c1C(=O)C=C(Nc1cncc(N3CCNCC3)c1)C2=O.CS(=O)(=O)c1cccc2c1C(=O)C=C(Nc1cncc(N3CCOCC3)c1)C2=O.CS(=O)(=O)c1cccc2c1C(=O)C=C(Nc1cncc(N3CCSCC3)c1)C2=O. The van der Waals surface area contributed by atoms with Crippen molar-refractivity contribution in [1.82, 2.24) is 25.3 Å². The molecule has 8 heterocycles. The first-order valence-electron chi connectivity index (χ1n) is 36.5. The predicted octanol–water partition coefficient (Wildman–Crippen LogP) is 9.49. The van der Waals surface area contributed by atoms with Gasteiger partial charge in [-0.1, -0.05) is 56.0 Å². The number of anilines is 7. The molecular weight excluding hydrogens is 1620 g/mol. The summed E-state index contributed by atoms with van der Waals surface area (Å²) < 4.78 is 101. The van der Waals surface area contributed by atoms with Crippen molar-refractivity contribution in [3.8, 4) is 0 Å². The quantitative estimate of drug-likeness (QED) is 0.0601. The number of morpholine rings is 1. The van der Waals surface area contributed by atoms with Gasteiger partial charge in [-0.2, -0.15) is 23.5 Å². The van der Waals surface area contributed by atoms with Crippen molar-refractivity contribution in [1.29, 1.82) is 0 Å². The van der Waals surface area contributed by atoms with Crippen molar-refractivity contribution in [2.75, 3.05) is 150 Å². The highest BCUT2D eigenvalue weighted by atomic mass is 32.2. The van der Waals surface area contributed by atoms with E-state index in [0.717, 1.165) is 154 Å². The van der Waals surface area contributed by atoms with Crippen LogP contribution in [0.2, 0.25) is 0 Å². The molecule has 4 aromatic carbocycles. The molecule has 5 N–H and O–H groups in total. The average Bonchev–Trinajstić information content (AvgIpc) is 0.776. The van der Waals surface area contributed by atoms with Gasteiger partial charge in [0.15, 0.2) is 62.5 Å². The van der Waals surface area contributed by atoms with Crippen LogP contribution in [0.3, 0.4) is 0 Å². The lowest BCUT2D eigenvalue weighted by molar-refractivity contribution is 0.0983. The number of ether oxygens (including phenoxy) is 1. The Kier molecular flexibility index (Phi) is 26.3. The van der Waals surface area contributed by atoms with Crippen LogP contribution in [0.25, 0.3) is 0 Å². The number of Topliss-reactive ketones (excluding diaryl/α,β-unsaturated/α-hetero) is 4. The largest absolute Gasteiger partial charge is 0.378 e. The summed E-state index contributed by atoms with van der Waals surface area (Å²) in [6, 6.07) is 24.7. The molecule has 0 amide bonds. The smallest absolute Gasteiger partial charge is 0.210 e. The van der Waals surface area contributed by atoms with E-state index in [-0.39, 0.29) is 94.3 Å². The third-order valence-electron chi connectivity index (χ3n) is 19.7. The Morgan fingerprint density at radius 1 is 0.376 bits per heavy atom. The molecule has 117 heavy (non-hydrogen) atoms. The monoisotopic (exact) mass is 1700 g/mol. The Morgan fingerprint density at radius 3 is 0.991 bits per heavy atom. The molecule has 4 saturated heterocycles. The number of ketones is 8. The van der Waals surface area contributed by atoms with E-state index < -0.39 is 85.6 Å². The number of thioether (sulfide) groups is 2. The summed E-state index contributed by atoms with van der Waals surface area (Å²) in [7, 11) is -14.5. The van der Waals surface area contributed by atoms with Crippen molar-refractivity contribution < 1.29 is 76.8 Å². The highest BCUT2D eigenvalue weighted by Gasteiger charge is 2.36. The fourth-order valence-electron chi connectivity index (χ4n) is 14.1. The first kappa shape index (κ1) is 85.2. The molecule has 608 valence electrons. The molecule has 4 aliphatic heterocycles. The molecular formula is C82H82N12O17S6. The number of rotatable bonds is 16. The van der Waals surface area contributed by atoms with Crippen molar-refractivity contribution in [2.24, 2.45) is 0 Å². The second-order valence-electron chi connectivity index (χ2n) is 27.9. The van der Waals surface area contributed by atoms with E-state index in [2.05, 4.69) is 61.2 Å². The van der Waals surface area contributed by atoms with E-state index in [0.29, 0.717) is 41.9 Å². The number of hydrogen-bond donors (Lipinski definition) is 5. The number of sulfone groups is 4. The van der Waals surface area contributed by atoms with E-state index >= 15 is 0 Å². The Hall–Kier alpha value is -11.2. The molecule has 0 bridgehead atoms. The number of piperazine rings is 1. The van der Waals surface area contributed by atoms with Gasteiger partial charge < -0.3 is 46.0 Å². The van der Waals surface area contributed by atoms with Gasteiger partial charge in [-0.25, -0.2) is 33.7 Å². The van der Waals surface area contributed by atoms with E-state index in [1.807, 2.05) is 54.0 Å². The van der Waals surface area contributed by atoms with Crippen molar-refractivity contribution in [3.05, 3.63) is 244 Å². The number of benzene rings is 4. The summed E-state index contributed by atoms with van der Waals surface area (Å²) in [5, 5.41) is 15.2. The molecule has 29 nitrogen and oxygen atoms in total. The van der Waals surface area contributed by atoms with Crippen LogP contribution in [0.4, 0.5) is 39.8 Å². The van der Waals surface area contributed by atoms with Crippen LogP contribution < -0.4 is 41.3 Å². The standard InChI is InChI=1S/C21H20N2O4S2.C20H20N4O4S.C20H19N3O5S.C20H19N3O4S2.CH4/c1-29(26,27)19-4-2-3-16-20(19)18(24)10-17(21(16)25)23-15-9-14(11-22-12-15)13-5-7-28-8-6-13;1-29(27,28)18-4-2-3-15-19(18)17(25)10-16(20(15)26)23-13-9-14(12-22-11-13)24-7-5-21-6-8-24;2*1-29(26,27)18-4-2-3-15-19(18)17(24)10-16(20(15)25)22-13-9-14(12-21-11-13)23-5-7-28-8-6-23;/h2-4,9-13,23H,5-8H2,1H3;2-4,9-12,21,23H,5-8H2,1H3;2*2-4,9-12,22H,5-8H2,1H3;1H4. The maximum Gasteiger partial charge on any atom is 0.210 e. The molecule has 35 heteroatoms. The number of pyridine rings is 4. The van der Waals surface area contributed by atoms with Crippen LogP contribution in [0.15, 0.2) is 213 Å². The number of carbonyl (C=O) groups is 8. The number of nitrogens with zero attached hydrogens (tertiary/aromatic N) is 7. The minimum Gasteiger partial charge on any atom is -0.378 e. The topological polar surface area (TPSA) is 404 Å². The molecule has 8 aromatic rings. The Morgan fingerprint density at radius 2 is 0.667 bits per heavy atom. The van der Waals surface area contributed by atoms with E-state index in [9.17, 15) is 72.0 Å². The van der Waals surface area contributed by atoms with Gasteiger partial charge in [-0.05, 0) is 84.4 Å². The molecule has 8 aliphatic rings. The van der Waals surface area contributed by atoms with Crippen molar-refractivity contribution in [2.45, 2.75) is 45.8 Å². The number of hydrogen-bond acceptors (Lipinski definition) is 31. The lowest BCUT2D eigenvalue weighted by Crippen LogP contribution is -2.43. The van der Waals surface area contributed by atoms with E-state index in [1.54, 1.807) is 43.4 Å². The Bertz CT molecular complexity index is 5260. The van der Waals surface area contributed by atoms with Gasteiger partial charge in [0.2, 0.25) is 23.1 Å². The van der Waals surface area contributed by atoms with Crippen LogP contribution in [0.5, 0.6) is 0 Å². The third-order valence-corrected chi connectivity index (χ3v) is 26.3. The Balaban J connectivity index is 0.000000143. The molecule has 0 atom stereocenters. The lowest BCUT2D eigenvalue weighted by Gasteiger charge is -2.29. The summed E-state index contributed by atoms with van der Waals surface area (Å²) in [4.78, 5) is 125. The average molecular weight is 1700 g/mol. The van der Waals surface area contributed by atoms with Crippen molar-refractivity contribution in [3.63, 3.8) is 0 Å². The summed E-state index contributed by atoms with van der Waals surface area (Å²) in [5.74, 6) is 1.02. The van der Waals surface area contributed by atoms with Crippen LogP contribution in [-0.4, -0.2) is 213 Å². The second kappa shape index (κ2) is 36.1. The highest BCUT2D eigenvalue weighted by Crippen LogP contribution is 2.37. The Labute approximate surface area is 685 Å². The van der Waals surface area contributed by atoms with Crippen molar-refractivity contribution >= 4 is 149 Å². The molecule has 0 unspecified atom stereocenters. The predicted molar refractivity (Wildman–Crippen MR) is 450 cm³/mol. The fourth-order valence-corrected chi connectivity index (χ4v) is 19.8. The maximum absolute atomic E-state index is 12.9. The zero-order valence-electron chi connectivity index (χ0n) is 63.1. The molecule has 0 radical (unpaired) electrons. The fraction of sp³-hybridized carbons (Fsp3) is 0.268. The number of fused-ring (bicyclic) bond motifs is 4. The second-order valence-corrected chi connectivity index (χ2v) is 38.3. The maximum atomic E-state index is 12.9. The zero-order valence-corrected chi connectivity index (χ0v) is 68.0. The number of carbonyl (C=O) groups excluding carboxylic acids is 8. The van der Waals surface area contributed by atoms with Gasteiger partial charge in [-0.15, -0.1) is 0 Å². The summed E-state index contributed by atoms with van der Waals surface area (Å²) >= 11 is 3.86. The van der Waals surface area contributed by atoms with Crippen LogP contribution in [0, 0.1) is 0 Å². The zero-order chi connectivity index (χ0) is 82.4. The van der Waals surface area contributed by atoms with Crippen LogP contribution in [0.1, 0.15) is 115 Å². The van der Waals surface area contributed by atoms with Gasteiger partial charge in [0, 0.05) is 142 Å². The molecule has 0 spiro atoms. The van der Waals surface area contributed by atoms with Crippen LogP contribution >= 0.6 is 23.5 Å². The summed E-state index contributed by atoms with van der Waals surface area (Å²) in [6.07, 6.45) is 24.3. The van der Waals surface area contributed by atoms with Gasteiger partial charge in [0.1, 0.15) is 0 Å². The van der Waals surface area contributed by atoms with Gasteiger partial charge in [0.05, 0.1) is 161 Å². The number of aromatic nitrogens is 4. The minimum absolute atomic E-state index is 0. The first-order chi connectivity index (χ1) is 55.4. The summed E-state index contributed by atoms with van der Waals surface area (Å²) in [5.41, 5.74) is 6.67. The van der Waals surface area contributed by atoms with E-state index in [4.69, 9.17) is 4.74 Å². The van der Waals surface area contributed by atoms with Gasteiger partial charge in [0.25, 0.3) is 0 Å². The minimum atomic E-state index is -3.64. The normalized spacial score (nSPS) is 17.0. The highest BCUT2D eigenvalue weighted by molar-refractivity contribution is 7.99. The molecule has 4 fully saturated rings. The van der Waals surface area contributed by atoms with Gasteiger partial charge in [-0.3, -0.25) is 58.3 Å². The number of nitrogens with one attached hydrogen (secondary N) is 5. The molecule has 0 saturated carbocycles. The first-order valence-corrected chi connectivity index (χ1v) is 46.4.